The molecule has 0 bridgehead atoms. The van der Waals surface area contributed by atoms with Crippen LogP contribution in [0.4, 0.5) is 5.13 Å². The lowest BCUT2D eigenvalue weighted by Gasteiger charge is -2.08. The maximum absolute atomic E-state index is 11.4. The van der Waals surface area contributed by atoms with Crippen molar-refractivity contribution in [2.45, 2.75) is 26.7 Å². The number of halogens is 1. The zero-order chi connectivity index (χ0) is 18.1. The Kier molecular flexibility index (Phi) is 7.69. The fourth-order valence-corrected chi connectivity index (χ4v) is 2.76. The van der Waals surface area contributed by atoms with Crippen LogP contribution in [-0.4, -0.2) is 30.4 Å². The van der Waals surface area contributed by atoms with Crippen LogP contribution >= 0.6 is 22.9 Å². The topological polar surface area (TPSA) is 72.8 Å². The summed E-state index contributed by atoms with van der Waals surface area (Å²) in [5.41, 5.74) is 4.27. The first-order chi connectivity index (χ1) is 12.1. The Morgan fingerprint density at radius 1 is 1.44 bits per heavy atom. The number of anilines is 1. The Morgan fingerprint density at radius 3 is 3.04 bits per heavy atom. The molecule has 0 radical (unpaired) electrons. The summed E-state index contributed by atoms with van der Waals surface area (Å²) in [5, 5.41) is 7.16. The number of carbonyl (C=O) groups is 1. The monoisotopic (exact) mass is 381 g/mol. The van der Waals surface area contributed by atoms with Crippen LogP contribution in [0, 0.1) is 0 Å². The molecule has 1 N–H and O–H groups in total. The van der Waals surface area contributed by atoms with E-state index < -0.39 is 0 Å². The fraction of sp³-hybridized carbons (Fsp3) is 0.353. The van der Waals surface area contributed by atoms with Gasteiger partial charge < -0.3 is 9.47 Å². The minimum atomic E-state index is -0.292. The number of thiazole rings is 1. The van der Waals surface area contributed by atoms with Gasteiger partial charge in [-0.25, -0.2) is 4.98 Å². The smallest absolute Gasteiger partial charge is 0.311 e. The zero-order valence-corrected chi connectivity index (χ0v) is 15.7. The third kappa shape index (κ3) is 6.36. The second kappa shape index (κ2) is 10.0. The van der Waals surface area contributed by atoms with Crippen molar-refractivity contribution in [1.82, 2.24) is 4.98 Å². The van der Waals surface area contributed by atoms with E-state index in [1.807, 2.05) is 13.0 Å². The SMILES string of the molecule is CCCOc1ccc(Cl)cc1C=NNc1nc(CC(=O)OCC)cs1. The Labute approximate surface area is 155 Å². The number of nitrogens with one attached hydrogen (secondary N) is 1. The lowest BCUT2D eigenvalue weighted by molar-refractivity contribution is -0.142. The van der Waals surface area contributed by atoms with E-state index in [4.69, 9.17) is 21.1 Å². The molecule has 0 aliphatic carbocycles. The van der Waals surface area contributed by atoms with E-state index in [0.29, 0.717) is 29.1 Å². The molecule has 0 aliphatic heterocycles. The van der Waals surface area contributed by atoms with Crippen LogP contribution in [0.1, 0.15) is 31.5 Å². The predicted molar refractivity (Wildman–Crippen MR) is 101 cm³/mol. The Hall–Kier alpha value is -2.12. The largest absolute Gasteiger partial charge is 0.493 e. The molecule has 0 saturated carbocycles. The Bertz CT molecular complexity index is 734. The maximum Gasteiger partial charge on any atom is 0.311 e. The van der Waals surface area contributed by atoms with Crippen molar-refractivity contribution in [3.8, 4) is 5.75 Å². The van der Waals surface area contributed by atoms with Crippen molar-refractivity contribution in [3.05, 3.63) is 39.9 Å². The molecular formula is C17H20ClN3O3S. The number of carbonyl (C=O) groups excluding carboxylic acids is 1. The molecule has 0 atom stereocenters. The number of hydrazone groups is 1. The molecule has 1 aromatic heterocycles. The van der Waals surface area contributed by atoms with Crippen LogP contribution in [0.3, 0.4) is 0 Å². The van der Waals surface area contributed by atoms with Crippen LogP contribution in [-0.2, 0) is 16.0 Å². The number of ether oxygens (including phenoxy) is 2. The number of aromatic nitrogens is 1. The number of rotatable bonds is 9. The van der Waals surface area contributed by atoms with Gasteiger partial charge in [0.2, 0.25) is 5.13 Å². The second-order valence-corrected chi connectivity index (χ2v) is 6.32. The van der Waals surface area contributed by atoms with Crippen molar-refractivity contribution in [2.75, 3.05) is 18.6 Å². The van der Waals surface area contributed by atoms with Gasteiger partial charge in [-0.15, -0.1) is 11.3 Å². The lowest BCUT2D eigenvalue weighted by atomic mass is 10.2. The molecule has 0 fully saturated rings. The van der Waals surface area contributed by atoms with E-state index in [9.17, 15) is 4.79 Å². The molecule has 25 heavy (non-hydrogen) atoms. The van der Waals surface area contributed by atoms with Crippen molar-refractivity contribution in [2.24, 2.45) is 5.10 Å². The summed E-state index contributed by atoms with van der Waals surface area (Å²) >= 11 is 7.40. The van der Waals surface area contributed by atoms with Crippen LogP contribution < -0.4 is 10.2 Å². The van der Waals surface area contributed by atoms with Gasteiger partial charge in [-0.3, -0.25) is 10.2 Å². The van der Waals surface area contributed by atoms with Crippen molar-refractivity contribution in [1.29, 1.82) is 0 Å². The third-order valence-corrected chi connectivity index (χ3v) is 4.01. The van der Waals surface area contributed by atoms with Gasteiger partial charge in [0.25, 0.3) is 0 Å². The van der Waals surface area contributed by atoms with Crippen LogP contribution in [0.2, 0.25) is 5.02 Å². The van der Waals surface area contributed by atoms with Crippen molar-refractivity contribution < 1.29 is 14.3 Å². The number of nitrogens with zero attached hydrogens (tertiary/aromatic N) is 2. The Morgan fingerprint density at radius 2 is 2.28 bits per heavy atom. The zero-order valence-electron chi connectivity index (χ0n) is 14.1. The quantitative estimate of drug-likeness (QED) is 0.401. The first kappa shape index (κ1) is 19.2. The summed E-state index contributed by atoms with van der Waals surface area (Å²) in [6.45, 7) is 4.80. The van der Waals surface area contributed by atoms with Gasteiger partial charge in [0, 0.05) is 16.0 Å². The molecule has 2 rings (SSSR count). The summed E-state index contributed by atoms with van der Waals surface area (Å²) in [6.07, 6.45) is 2.70. The number of benzene rings is 1. The second-order valence-electron chi connectivity index (χ2n) is 5.03. The molecule has 6 nitrogen and oxygen atoms in total. The average Bonchev–Trinajstić information content (AvgIpc) is 3.01. The standard InChI is InChI=1S/C17H20ClN3O3S/c1-3-7-24-15-6-5-13(18)8-12(15)10-19-21-17-20-14(11-25-17)9-16(22)23-4-2/h5-6,8,10-11H,3-4,7,9H2,1-2H3,(H,20,21). The average molecular weight is 382 g/mol. The minimum Gasteiger partial charge on any atom is -0.493 e. The van der Waals surface area contributed by atoms with Crippen molar-refractivity contribution >= 4 is 40.3 Å². The van der Waals surface area contributed by atoms with E-state index in [1.165, 1.54) is 11.3 Å². The molecule has 8 heteroatoms. The summed E-state index contributed by atoms with van der Waals surface area (Å²) < 4.78 is 10.6. The highest BCUT2D eigenvalue weighted by Gasteiger charge is 2.08. The molecule has 1 heterocycles. The van der Waals surface area contributed by atoms with E-state index >= 15 is 0 Å². The highest BCUT2D eigenvalue weighted by atomic mass is 35.5. The lowest BCUT2D eigenvalue weighted by Crippen LogP contribution is -2.07. The first-order valence-corrected chi connectivity index (χ1v) is 9.19. The third-order valence-electron chi connectivity index (χ3n) is 2.98. The summed E-state index contributed by atoms with van der Waals surface area (Å²) in [6, 6.07) is 5.38. The molecule has 0 aliphatic rings. The number of esters is 1. The highest BCUT2D eigenvalue weighted by Crippen LogP contribution is 2.22. The van der Waals surface area contributed by atoms with Crippen LogP contribution in [0.15, 0.2) is 28.7 Å². The molecule has 1 aromatic carbocycles. The summed E-state index contributed by atoms with van der Waals surface area (Å²) in [5.74, 6) is 0.429. The fourth-order valence-electron chi connectivity index (χ4n) is 1.92. The van der Waals surface area contributed by atoms with Gasteiger partial charge in [-0.1, -0.05) is 18.5 Å². The van der Waals surface area contributed by atoms with E-state index in [-0.39, 0.29) is 12.4 Å². The summed E-state index contributed by atoms with van der Waals surface area (Å²) in [4.78, 5) is 15.7. The number of hydrogen-bond acceptors (Lipinski definition) is 7. The molecule has 134 valence electrons. The molecule has 2 aromatic rings. The van der Waals surface area contributed by atoms with Gasteiger partial charge in [-0.05, 0) is 31.5 Å². The van der Waals surface area contributed by atoms with E-state index in [0.717, 1.165) is 17.7 Å². The van der Waals surface area contributed by atoms with Gasteiger partial charge in [0.05, 0.1) is 31.5 Å². The molecular weight excluding hydrogens is 362 g/mol. The van der Waals surface area contributed by atoms with Gasteiger partial charge in [-0.2, -0.15) is 5.10 Å². The summed E-state index contributed by atoms with van der Waals surface area (Å²) in [7, 11) is 0. The van der Waals surface area contributed by atoms with Gasteiger partial charge in [0.15, 0.2) is 0 Å². The van der Waals surface area contributed by atoms with Gasteiger partial charge in [0.1, 0.15) is 5.75 Å². The maximum atomic E-state index is 11.4. The van der Waals surface area contributed by atoms with Gasteiger partial charge >= 0.3 is 5.97 Å². The van der Waals surface area contributed by atoms with Crippen LogP contribution in [0.25, 0.3) is 0 Å². The number of hydrogen-bond donors (Lipinski definition) is 1. The highest BCUT2D eigenvalue weighted by molar-refractivity contribution is 7.13. The first-order valence-electron chi connectivity index (χ1n) is 7.93. The Balaban J connectivity index is 1.98. The van der Waals surface area contributed by atoms with Crippen molar-refractivity contribution in [3.63, 3.8) is 0 Å². The molecule has 0 amide bonds. The molecule has 0 spiro atoms. The van der Waals surface area contributed by atoms with E-state index in [2.05, 4.69) is 15.5 Å². The van der Waals surface area contributed by atoms with E-state index in [1.54, 1.807) is 30.7 Å². The van der Waals surface area contributed by atoms with Crippen LogP contribution in [0.5, 0.6) is 5.75 Å². The minimum absolute atomic E-state index is 0.152. The molecule has 0 saturated heterocycles. The normalized spacial score (nSPS) is 10.8. The molecule has 0 unspecified atom stereocenters. The predicted octanol–water partition coefficient (Wildman–Crippen LogP) is 4.14.